The molecule has 4 fully saturated rings. The monoisotopic (exact) mass is 808 g/mol. The smallest absolute Gasteiger partial charge is 0.164 e. The molecule has 5 aliphatic rings. The average Bonchev–Trinajstić information content (AvgIpc) is 3.84. The van der Waals surface area contributed by atoms with Gasteiger partial charge in [0.15, 0.2) is 17.5 Å². The Kier molecular flexibility index (Phi) is 7.54. The molecular formula is C59H44N4. The molecular weight excluding hydrogens is 765 g/mol. The lowest BCUT2D eigenvalue weighted by atomic mass is 9.43. The summed E-state index contributed by atoms with van der Waals surface area (Å²) in [5, 5.41) is 5.19. The number of rotatable bonds is 5. The van der Waals surface area contributed by atoms with E-state index < -0.39 is 0 Å². The molecule has 0 amide bonds. The van der Waals surface area contributed by atoms with Crippen LogP contribution in [0, 0.1) is 23.7 Å². The van der Waals surface area contributed by atoms with E-state index in [9.17, 15) is 0 Å². The molecule has 300 valence electrons. The van der Waals surface area contributed by atoms with Crippen LogP contribution in [0.2, 0.25) is 0 Å². The molecule has 0 aliphatic heterocycles. The van der Waals surface area contributed by atoms with Crippen LogP contribution in [0.15, 0.2) is 182 Å². The van der Waals surface area contributed by atoms with Crippen molar-refractivity contribution in [3.63, 3.8) is 0 Å². The van der Waals surface area contributed by atoms with Gasteiger partial charge in [0.2, 0.25) is 0 Å². The molecule has 0 N–H and O–H groups in total. The van der Waals surface area contributed by atoms with Crippen LogP contribution >= 0.6 is 0 Å². The third-order valence-electron chi connectivity index (χ3n) is 15.6. The second-order valence-corrected chi connectivity index (χ2v) is 18.8. The van der Waals surface area contributed by atoms with Crippen molar-refractivity contribution in [2.24, 2.45) is 23.7 Å². The van der Waals surface area contributed by atoms with E-state index in [0.717, 1.165) is 45.6 Å². The second kappa shape index (κ2) is 13.4. The zero-order valence-corrected chi connectivity index (χ0v) is 35.0. The number of para-hydroxylation sites is 3. The molecule has 63 heavy (non-hydrogen) atoms. The summed E-state index contributed by atoms with van der Waals surface area (Å²) in [6.07, 6.45) is 6.81. The van der Waals surface area contributed by atoms with E-state index >= 15 is 0 Å². The summed E-state index contributed by atoms with van der Waals surface area (Å²) in [5.74, 6) is 5.18. The van der Waals surface area contributed by atoms with E-state index in [4.69, 9.17) is 15.0 Å². The third-order valence-corrected chi connectivity index (χ3v) is 15.6. The normalized spacial score (nSPS) is 21.7. The Morgan fingerprint density at radius 2 is 1.00 bits per heavy atom. The van der Waals surface area contributed by atoms with Gasteiger partial charge in [0.05, 0.1) is 11.0 Å². The van der Waals surface area contributed by atoms with Crippen LogP contribution in [0.5, 0.6) is 0 Å². The molecule has 4 nitrogen and oxygen atoms in total. The zero-order valence-electron chi connectivity index (χ0n) is 35.0. The molecule has 2 heterocycles. The van der Waals surface area contributed by atoms with Crippen LogP contribution in [0.1, 0.15) is 43.2 Å². The fraction of sp³-hybridized carbons (Fsp3) is 0.169. The highest BCUT2D eigenvalue weighted by Gasteiger charge is 2.61. The fourth-order valence-electron chi connectivity index (χ4n) is 13.3. The van der Waals surface area contributed by atoms with Crippen molar-refractivity contribution in [1.29, 1.82) is 0 Å². The van der Waals surface area contributed by atoms with Crippen LogP contribution in [-0.4, -0.2) is 19.5 Å². The van der Waals surface area contributed by atoms with E-state index in [0.29, 0.717) is 23.5 Å². The number of hydrogen-bond donors (Lipinski definition) is 0. The lowest BCUT2D eigenvalue weighted by molar-refractivity contribution is -0.0399. The predicted octanol–water partition coefficient (Wildman–Crippen LogP) is 14.5. The maximum absolute atomic E-state index is 5.36. The number of aromatic nitrogens is 4. The summed E-state index contributed by atoms with van der Waals surface area (Å²) in [5.41, 5.74) is 14.9. The van der Waals surface area contributed by atoms with Gasteiger partial charge in [-0.15, -0.1) is 0 Å². The topological polar surface area (TPSA) is 43.6 Å². The van der Waals surface area contributed by atoms with Crippen molar-refractivity contribution < 1.29 is 0 Å². The first-order valence-corrected chi connectivity index (χ1v) is 22.9. The van der Waals surface area contributed by atoms with Crippen LogP contribution in [0.4, 0.5) is 0 Å². The highest BCUT2D eigenvalue weighted by molar-refractivity contribution is 6.14. The van der Waals surface area contributed by atoms with Crippen LogP contribution in [0.3, 0.4) is 0 Å². The highest BCUT2D eigenvalue weighted by atomic mass is 15.0. The lowest BCUT2D eigenvalue weighted by Gasteiger charge is -2.61. The molecule has 5 aliphatic carbocycles. The maximum atomic E-state index is 5.36. The van der Waals surface area contributed by atoms with Crippen molar-refractivity contribution >= 4 is 32.6 Å². The van der Waals surface area contributed by atoms with Crippen LogP contribution < -0.4 is 0 Å². The molecule has 1 spiro atoms. The quantitative estimate of drug-likeness (QED) is 0.174. The van der Waals surface area contributed by atoms with Gasteiger partial charge in [-0.25, -0.2) is 15.0 Å². The van der Waals surface area contributed by atoms with E-state index in [1.54, 1.807) is 5.56 Å². The average molecular weight is 809 g/mol. The molecule has 0 unspecified atom stereocenters. The first-order valence-electron chi connectivity index (χ1n) is 22.9. The van der Waals surface area contributed by atoms with E-state index in [1.807, 2.05) is 0 Å². The summed E-state index contributed by atoms with van der Waals surface area (Å²) in [7, 11) is 0. The Hall–Kier alpha value is -7.17. The lowest BCUT2D eigenvalue weighted by Crippen LogP contribution is -2.55. The van der Waals surface area contributed by atoms with Crippen molar-refractivity contribution in [3.8, 4) is 62.1 Å². The van der Waals surface area contributed by atoms with Crippen molar-refractivity contribution in [1.82, 2.24) is 19.5 Å². The van der Waals surface area contributed by atoms with Gasteiger partial charge < -0.3 is 4.57 Å². The molecule has 4 saturated carbocycles. The van der Waals surface area contributed by atoms with Crippen molar-refractivity contribution in [2.45, 2.75) is 37.5 Å². The molecule has 0 radical (unpaired) electrons. The van der Waals surface area contributed by atoms with Gasteiger partial charge in [-0.05, 0) is 119 Å². The summed E-state index contributed by atoms with van der Waals surface area (Å²) in [4.78, 5) is 15.8. The standard InChI is InChI=1S/C59H44N4/c1-3-13-40(14-4-1)56-60-57(41-24-22-39(23-25-41)47-19-11-20-49-48-18-9-10-21-53(48)63(55(47)49)45-15-5-2-6-16-45)62-58(61-56)42-26-28-50-52(35-42)59(43-31-36-30-37(33-43)34-44(59)32-36)51-29-27-38-12-7-8-17-46(38)54(50)51/h1-29,35-37,43-44H,30-34H2. The van der Waals surface area contributed by atoms with Gasteiger partial charge in [-0.3, -0.25) is 0 Å². The van der Waals surface area contributed by atoms with Gasteiger partial charge in [-0.1, -0.05) is 158 Å². The SMILES string of the molecule is c1ccc(-c2nc(-c3ccc(-c4cccc5c6ccccc6n(-c6ccccc6)c45)cc3)nc(-c3ccc4c(c3)C3(c5ccc6ccccc6c5-4)C4CC5CC(C4)CC3C5)n2)cc1. The minimum absolute atomic E-state index is 0.0289. The van der Waals surface area contributed by atoms with Gasteiger partial charge >= 0.3 is 0 Å². The zero-order chi connectivity index (χ0) is 41.2. The predicted molar refractivity (Wildman–Crippen MR) is 257 cm³/mol. The van der Waals surface area contributed by atoms with Gasteiger partial charge in [0.25, 0.3) is 0 Å². The number of benzene rings is 8. The van der Waals surface area contributed by atoms with Gasteiger partial charge in [0.1, 0.15) is 0 Å². The Morgan fingerprint density at radius 1 is 0.413 bits per heavy atom. The first-order chi connectivity index (χ1) is 31.2. The third kappa shape index (κ3) is 5.12. The summed E-state index contributed by atoms with van der Waals surface area (Å²) < 4.78 is 2.41. The number of hydrogen-bond acceptors (Lipinski definition) is 3. The summed E-state index contributed by atoms with van der Waals surface area (Å²) in [6.45, 7) is 0. The van der Waals surface area contributed by atoms with Crippen molar-refractivity contribution in [2.75, 3.05) is 0 Å². The molecule has 4 heteroatoms. The number of fused-ring (bicyclic) bond motifs is 8. The minimum atomic E-state index is 0.0289. The summed E-state index contributed by atoms with van der Waals surface area (Å²) >= 11 is 0. The van der Waals surface area contributed by atoms with E-state index in [1.165, 1.54) is 86.9 Å². The fourth-order valence-corrected chi connectivity index (χ4v) is 13.3. The van der Waals surface area contributed by atoms with E-state index in [-0.39, 0.29) is 5.41 Å². The largest absolute Gasteiger partial charge is 0.309 e. The molecule has 0 atom stereocenters. The Balaban J connectivity index is 0.922. The Labute approximate surface area is 367 Å². The minimum Gasteiger partial charge on any atom is -0.309 e. The second-order valence-electron chi connectivity index (χ2n) is 18.8. The molecule has 10 aromatic rings. The summed E-state index contributed by atoms with van der Waals surface area (Å²) in [6, 6.07) is 66.4. The van der Waals surface area contributed by atoms with Crippen LogP contribution in [0.25, 0.3) is 94.7 Å². The van der Waals surface area contributed by atoms with Crippen molar-refractivity contribution in [3.05, 3.63) is 193 Å². The van der Waals surface area contributed by atoms with Gasteiger partial charge in [0, 0.05) is 44.1 Å². The first kappa shape index (κ1) is 35.4. The van der Waals surface area contributed by atoms with Gasteiger partial charge in [-0.2, -0.15) is 0 Å². The Bertz CT molecular complexity index is 3430. The molecule has 8 aromatic carbocycles. The van der Waals surface area contributed by atoms with E-state index in [2.05, 4.69) is 187 Å². The molecule has 0 saturated heterocycles. The number of nitrogens with zero attached hydrogens (tertiary/aromatic N) is 4. The highest BCUT2D eigenvalue weighted by Crippen LogP contribution is 2.70. The molecule has 4 bridgehead atoms. The Morgan fingerprint density at radius 3 is 1.75 bits per heavy atom. The maximum Gasteiger partial charge on any atom is 0.164 e. The molecule has 2 aromatic heterocycles. The molecule has 15 rings (SSSR count). The van der Waals surface area contributed by atoms with Crippen LogP contribution in [-0.2, 0) is 5.41 Å².